The average Bonchev–Trinajstić information content (AvgIpc) is 3.62. The number of hydrogen-bond acceptors (Lipinski definition) is 5. The third kappa shape index (κ3) is 6.29. The summed E-state index contributed by atoms with van der Waals surface area (Å²) in [6.45, 7) is 5.22. The smallest absolute Gasteiger partial charge is 0.238 e. The largest absolute Gasteiger partial charge is 0.598 e. The lowest BCUT2D eigenvalue weighted by Crippen LogP contribution is -2.55. The Labute approximate surface area is 220 Å². The summed E-state index contributed by atoms with van der Waals surface area (Å²) < 4.78 is 83.6. The molecule has 208 valence electrons. The van der Waals surface area contributed by atoms with E-state index in [1.807, 2.05) is 20.8 Å². The second-order valence-corrected chi connectivity index (χ2v) is 15.9. The summed E-state index contributed by atoms with van der Waals surface area (Å²) in [5.41, 5.74) is 0.0000643. The van der Waals surface area contributed by atoms with Gasteiger partial charge < -0.3 is 9.45 Å². The van der Waals surface area contributed by atoms with Gasteiger partial charge in [-0.25, -0.2) is 21.6 Å². The fraction of sp³-hybridized carbons (Fsp3) is 0.720. The van der Waals surface area contributed by atoms with Crippen LogP contribution in [0.4, 0.5) is 13.2 Å². The molecule has 12 heteroatoms. The van der Waals surface area contributed by atoms with E-state index in [1.54, 1.807) is 4.90 Å². The minimum Gasteiger partial charge on any atom is -0.598 e. The van der Waals surface area contributed by atoms with Gasteiger partial charge in [0.25, 0.3) is 0 Å². The van der Waals surface area contributed by atoms with Crippen molar-refractivity contribution < 1.29 is 30.9 Å². The Morgan fingerprint density at radius 2 is 1.68 bits per heavy atom. The first kappa shape index (κ1) is 28.7. The molecule has 4 rings (SSSR count). The van der Waals surface area contributed by atoms with Crippen LogP contribution in [0.15, 0.2) is 12.1 Å². The number of hydrogen-bond donors (Lipinski definition) is 1. The first-order chi connectivity index (χ1) is 17.2. The molecule has 1 N–H and O–H groups in total. The third-order valence-electron chi connectivity index (χ3n) is 7.71. The molecule has 1 aromatic rings. The summed E-state index contributed by atoms with van der Waals surface area (Å²) in [7, 11) is -2.02. The van der Waals surface area contributed by atoms with Crippen molar-refractivity contribution in [1.29, 1.82) is 0 Å². The maximum atomic E-state index is 14.5. The van der Waals surface area contributed by atoms with Crippen molar-refractivity contribution >= 4 is 27.3 Å². The summed E-state index contributed by atoms with van der Waals surface area (Å²) >= 11 is -1.49. The van der Waals surface area contributed by atoms with Crippen LogP contribution in [0.2, 0.25) is 0 Å². The molecule has 2 heterocycles. The number of amides is 1. The maximum Gasteiger partial charge on any atom is 0.238 e. The number of nitrogens with one attached hydrogen (secondary N) is 1. The number of halogens is 3. The molecule has 2 bridgehead atoms. The van der Waals surface area contributed by atoms with E-state index >= 15 is 0 Å². The Balaban J connectivity index is 1.50. The standard InChI is InChI=1S/C25H36F3N3O4S2/c1-25(2,3)36(33)29-23(12-15-11-21(27)22(28)13-20(15)26)16-9-17-5-6-18(10-16)31(17)24(32)14-30(4)37(34,35)19-7-8-19/h11,13,16-19,23,29H,5-10,12,14H2,1-4H3/t16?,17?,18?,23-,36+/m1/s1. The summed E-state index contributed by atoms with van der Waals surface area (Å²) in [5, 5.41) is -0.389. The van der Waals surface area contributed by atoms with Crippen molar-refractivity contribution in [3.05, 3.63) is 35.1 Å². The van der Waals surface area contributed by atoms with Crippen molar-refractivity contribution in [3.8, 4) is 0 Å². The molecule has 3 fully saturated rings. The van der Waals surface area contributed by atoms with Gasteiger partial charge in [0.15, 0.2) is 11.6 Å². The van der Waals surface area contributed by atoms with Gasteiger partial charge in [0.2, 0.25) is 15.9 Å². The lowest BCUT2D eigenvalue weighted by atomic mass is 9.82. The van der Waals surface area contributed by atoms with E-state index in [0.717, 1.165) is 23.2 Å². The number of rotatable bonds is 9. The third-order valence-corrected chi connectivity index (χ3v) is 11.6. The van der Waals surface area contributed by atoms with Gasteiger partial charge in [-0.1, -0.05) is 0 Å². The lowest BCUT2D eigenvalue weighted by Gasteiger charge is -2.42. The van der Waals surface area contributed by atoms with Crippen molar-refractivity contribution in [1.82, 2.24) is 13.9 Å². The van der Waals surface area contributed by atoms with Gasteiger partial charge in [-0.2, -0.15) is 4.31 Å². The number of nitrogens with zero attached hydrogens (tertiary/aromatic N) is 2. The molecule has 0 spiro atoms. The predicted octanol–water partition coefficient (Wildman–Crippen LogP) is 3.26. The minimum absolute atomic E-state index is 0.0000643. The van der Waals surface area contributed by atoms with E-state index in [9.17, 15) is 30.9 Å². The number of benzene rings is 1. The summed E-state index contributed by atoms with van der Waals surface area (Å²) in [6, 6.07) is 0.658. The van der Waals surface area contributed by atoms with Crippen LogP contribution in [-0.2, 0) is 32.6 Å². The fourth-order valence-electron chi connectivity index (χ4n) is 5.51. The van der Waals surface area contributed by atoms with Gasteiger partial charge in [0.1, 0.15) is 10.6 Å². The van der Waals surface area contributed by atoms with Gasteiger partial charge in [-0.05, 0) is 83.3 Å². The van der Waals surface area contributed by atoms with Gasteiger partial charge >= 0.3 is 0 Å². The van der Waals surface area contributed by atoms with Gasteiger partial charge in [-0.3, -0.25) is 4.79 Å². The topological polar surface area (TPSA) is 92.8 Å². The minimum atomic E-state index is -3.46. The SMILES string of the molecule is CN(CC(=O)N1C2CCC1CC([C@@H](Cc1cc(F)c(F)cc1F)N[S@@+]([O-])C(C)(C)C)C2)S(=O)(=O)C1CC1. The number of carbonyl (C=O) groups excluding carboxylic acids is 1. The molecular weight excluding hydrogens is 527 g/mol. The van der Waals surface area contributed by atoms with E-state index < -0.39 is 49.6 Å². The van der Waals surface area contributed by atoms with E-state index in [2.05, 4.69) is 4.72 Å². The summed E-state index contributed by atoms with van der Waals surface area (Å²) in [4.78, 5) is 15.0. The zero-order chi connectivity index (χ0) is 27.3. The van der Waals surface area contributed by atoms with E-state index in [1.165, 1.54) is 7.05 Å². The quantitative estimate of drug-likeness (QED) is 0.368. The number of carbonyl (C=O) groups is 1. The van der Waals surface area contributed by atoms with Gasteiger partial charge in [-0.15, -0.1) is 4.72 Å². The molecule has 1 aromatic carbocycles. The van der Waals surface area contributed by atoms with Gasteiger partial charge in [0.05, 0.1) is 17.8 Å². The van der Waals surface area contributed by atoms with Crippen LogP contribution in [0.25, 0.3) is 0 Å². The molecular formula is C25H36F3N3O4S2. The molecule has 37 heavy (non-hydrogen) atoms. The lowest BCUT2D eigenvalue weighted by molar-refractivity contribution is -0.136. The van der Waals surface area contributed by atoms with Crippen molar-refractivity contribution in [2.24, 2.45) is 5.92 Å². The maximum absolute atomic E-state index is 14.5. The highest BCUT2D eigenvalue weighted by atomic mass is 32.2. The Kier molecular flexibility index (Phi) is 8.27. The normalized spacial score (nSPS) is 26.0. The fourth-order valence-corrected chi connectivity index (χ4v) is 7.95. The molecule has 2 aliphatic heterocycles. The second kappa shape index (κ2) is 10.7. The molecule has 0 aromatic heterocycles. The highest BCUT2D eigenvalue weighted by Crippen LogP contribution is 2.41. The van der Waals surface area contributed by atoms with E-state index in [0.29, 0.717) is 31.7 Å². The molecule has 4 atom stereocenters. The highest BCUT2D eigenvalue weighted by Gasteiger charge is 2.47. The van der Waals surface area contributed by atoms with Crippen molar-refractivity contribution in [2.75, 3.05) is 13.6 Å². The second-order valence-electron chi connectivity index (χ2n) is 11.6. The van der Waals surface area contributed by atoms with Gasteiger partial charge in [0, 0.05) is 36.6 Å². The van der Waals surface area contributed by atoms with Crippen LogP contribution in [0.3, 0.4) is 0 Å². The molecule has 1 aliphatic carbocycles. The zero-order valence-corrected chi connectivity index (χ0v) is 23.3. The van der Waals surface area contributed by atoms with Crippen LogP contribution in [0, 0.1) is 23.4 Å². The van der Waals surface area contributed by atoms with Crippen molar-refractivity contribution in [2.45, 2.75) is 93.8 Å². The Bertz CT molecular complexity index is 1110. The van der Waals surface area contributed by atoms with Crippen LogP contribution in [0.5, 0.6) is 0 Å². The molecule has 0 radical (unpaired) electrons. The molecule has 2 unspecified atom stereocenters. The monoisotopic (exact) mass is 563 g/mol. The van der Waals surface area contributed by atoms with Crippen LogP contribution < -0.4 is 4.72 Å². The van der Waals surface area contributed by atoms with Crippen molar-refractivity contribution in [3.63, 3.8) is 0 Å². The highest BCUT2D eigenvalue weighted by molar-refractivity contribution is 7.90. The Morgan fingerprint density at radius 3 is 2.22 bits per heavy atom. The van der Waals surface area contributed by atoms with Crippen LogP contribution in [0.1, 0.15) is 64.9 Å². The van der Waals surface area contributed by atoms with E-state index in [-0.39, 0.29) is 47.7 Å². The van der Waals surface area contributed by atoms with Crippen LogP contribution >= 0.6 is 0 Å². The number of likely N-dealkylation sites (N-methyl/N-ethyl adjacent to an activating group) is 1. The number of piperidine rings is 1. The Hall–Kier alpha value is -1.34. The molecule has 2 saturated heterocycles. The number of fused-ring (bicyclic) bond motifs is 2. The van der Waals surface area contributed by atoms with Crippen LogP contribution in [-0.4, -0.2) is 69.8 Å². The first-order valence-electron chi connectivity index (χ1n) is 12.8. The molecule has 7 nitrogen and oxygen atoms in total. The molecule has 1 saturated carbocycles. The molecule has 3 aliphatic rings. The predicted molar refractivity (Wildman–Crippen MR) is 136 cm³/mol. The van der Waals surface area contributed by atoms with E-state index in [4.69, 9.17) is 0 Å². The first-order valence-corrected chi connectivity index (χ1v) is 15.4. The number of sulfonamides is 1. The summed E-state index contributed by atoms with van der Waals surface area (Å²) in [6.07, 6.45) is 3.92. The zero-order valence-electron chi connectivity index (χ0n) is 21.7. The summed E-state index contributed by atoms with van der Waals surface area (Å²) in [5.74, 6) is -3.58. The molecule has 1 amide bonds. The Morgan fingerprint density at radius 1 is 1.11 bits per heavy atom. The average molecular weight is 564 g/mol.